The van der Waals surface area contributed by atoms with Crippen LogP contribution in [0.5, 0.6) is 17.2 Å². The van der Waals surface area contributed by atoms with E-state index in [2.05, 4.69) is 26.3 Å². The van der Waals surface area contributed by atoms with Gasteiger partial charge in [-0.25, -0.2) is 8.78 Å². The summed E-state index contributed by atoms with van der Waals surface area (Å²) >= 11 is 3.04. The standard InChI is InChI=1S/C20H17BrF2N4O5/c1-11-18(21)19(20(22)23)25-26(11)10-17(28)24-12-7-13(27(29)30)9-16(8-12)32-15-5-3-14(31-2)4-6-15/h3-9,20H,10H2,1-2H3,(H,24,28). The van der Waals surface area contributed by atoms with Crippen molar-refractivity contribution in [2.45, 2.75) is 19.9 Å². The third-order valence-electron chi connectivity index (χ3n) is 4.34. The van der Waals surface area contributed by atoms with Gasteiger partial charge >= 0.3 is 0 Å². The number of halogens is 3. The number of benzene rings is 2. The van der Waals surface area contributed by atoms with Crippen LogP contribution in [-0.4, -0.2) is 27.7 Å². The second-order valence-electron chi connectivity index (χ2n) is 6.54. The van der Waals surface area contributed by atoms with Gasteiger partial charge in [0.1, 0.15) is 29.5 Å². The van der Waals surface area contributed by atoms with Gasteiger partial charge in [-0.05, 0) is 47.1 Å². The van der Waals surface area contributed by atoms with E-state index in [1.54, 1.807) is 24.3 Å². The molecule has 0 saturated heterocycles. The number of rotatable bonds is 8. The van der Waals surface area contributed by atoms with Gasteiger partial charge in [0.2, 0.25) is 5.91 Å². The highest BCUT2D eigenvalue weighted by Gasteiger charge is 2.21. The molecule has 1 amide bonds. The van der Waals surface area contributed by atoms with Crippen molar-refractivity contribution in [3.8, 4) is 17.2 Å². The van der Waals surface area contributed by atoms with E-state index in [1.807, 2.05) is 0 Å². The van der Waals surface area contributed by atoms with Gasteiger partial charge in [0.15, 0.2) is 0 Å². The summed E-state index contributed by atoms with van der Waals surface area (Å²) in [7, 11) is 1.52. The van der Waals surface area contributed by atoms with E-state index >= 15 is 0 Å². The normalized spacial score (nSPS) is 10.8. The summed E-state index contributed by atoms with van der Waals surface area (Å²) in [5.74, 6) is 0.525. The summed E-state index contributed by atoms with van der Waals surface area (Å²) in [5, 5.41) is 17.5. The van der Waals surface area contributed by atoms with Crippen molar-refractivity contribution in [3.05, 3.63) is 68.4 Å². The van der Waals surface area contributed by atoms with E-state index in [1.165, 1.54) is 26.2 Å². The lowest BCUT2D eigenvalue weighted by Gasteiger charge is -2.10. The number of hydrogen-bond acceptors (Lipinski definition) is 6. The molecular formula is C20H17BrF2N4O5. The van der Waals surface area contributed by atoms with E-state index in [0.717, 1.165) is 10.7 Å². The summed E-state index contributed by atoms with van der Waals surface area (Å²) in [5.41, 5.74) is -0.325. The van der Waals surface area contributed by atoms with Gasteiger partial charge in [0.25, 0.3) is 12.1 Å². The predicted molar refractivity (Wildman–Crippen MR) is 114 cm³/mol. The quantitative estimate of drug-likeness (QED) is 0.328. The first-order chi connectivity index (χ1) is 15.2. The smallest absolute Gasteiger partial charge is 0.283 e. The lowest BCUT2D eigenvalue weighted by atomic mass is 10.2. The number of carbonyl (C=O) groups excluding carboxylic acids is 1. The first-order valence-corrected chi connectivity index (χ1v) is 9.89. The molecule has 32 heavy (non-hydrogen) atoms. The topological polar surface area (TPSA) is 109 Å². The zero-order valence-corrected chi connectivity index (χ0v) is 18.4. The molecule has 3 aromatic rings. The van der Waals surface area contributed by atoms with E-state index in [4.69, 9.17) is 9.47 Å². The molecule has 0 unspecified atom stereocenters. The monoisotopic (exact) mass is 510 g/mol. The largest absolute Gasteiger partial charge is 0.497 e. The SMILES string of the molecule is COc1ccc(Oc2cc(NC(=O)Cn3nc(C(F)F)c(Br)c3C)cc([N+](=O)[O-])c2)cc1. The average Bonchev–Trinajstić information content (AvgIpc) is 3.02. The van der Waals surface area contributed by atoms with Gasteiger partial charge in [0.05, 0.1) is 34.0 Å². The van der Waals surface area contributed by atoms with Crippen LogP contribution in [0.2, 0.25) is 0 Å². The van der Waals surface area contributed by atoms with Gasteiger partial charge in [-0.15, -0.1) is 0 Å². The van der Waals surface area contributed by atoms with Crippen molar-refractivity contribution in [1.82, 2.24) is 9.78 Å². The van der Waals surface area contributed by atoms with Crippen LogP contribution in [0.4, 0.5) is 20.2 Å². The molecule has 0 atom stereocenters. The summed E-state index contributed by atoms with van der Waals surface area (Å²) in [6.07, 6.45) is -2.80. The number of alkyl halides is 2. The minimum absolute atomic E-state index is 0.102. The summed E-state index contributed by atoms with van der Waals surface area (Å²) in [4.78, 5) is 23.1. The number of amides is 1. The molecule has 3 rings (SSSR count). The van der Waals surface area contributed by atoms with E-state index in [0.29, 0.717) is 17.2 Å². The highest BCUT2D eigenvalue weighted by molar-refractivity contribution is 9.10. The number of aromatic nitrogens is 2. The molecular weight excluding hydrogens is 494 g/mol. The number of carbonyl (C=O) groups is 1. The van der Waals surface area contributed by atoms with E-state index in [-0.39, 0.29) is 28.1 Å². The Morgan fingerprint density at radius 3 is 2.44 bits per heavy atom. The van der Waals surface area contributed by atoms with Crippen molar-refractivity contribution in [2.24, 2.45) is 0 Å². The molecule has 0 aliphatic heterocycles. The fraction of sp³-hybridized carbons (Fsp3) is 0.200. The number of hydrogen-bond donors (Lipinski definition) is 1. The number of nitrogens with zero attached hydrogens (tertiary/aromatic N) is 3. The van der Waals surface area contributed by atoms with Gasteiger partial charge in [-0.3, -0.25) is 19.6 Å². The van der Waals surface area contributed by atoms with Gasteiger partial charge in [-0.1, -0.05) is 0 Å². The molecule has 0 radical (unpaired) electrons. The second-order valence-corrected chi connectivity index (χ2v) is 7.33. The number of nitro benzene ring substituents is 1. The Morgan fingerprint density at radius 2 is 1.88 bits per heavy atom. The van der Waals surface area contributed by atoms with Crippen LogP contribution in [0.15, 0.2) is 46.9 Å². The molecule has 1 heterocycles. The van der Waals surface area contributed by atoms with Crippen LogP contribution in [0.1, 0.15) is 17.8 Å². The zero-order chi connectivity index (χ0) is 23.4. The van der Waals surface area contributed by atoms with Crippen LogP contribution in [0.3, 0.4) is 0 Å². The minimum atomic E-state index is -2.80. The molecule has 1 aromatic heterocycles. The van der Waals surface area contributed by atoms with Crippen molar-refractivity contribution in [1.29, 1.82) is 0 Å². The molecule has 1 N–H and O–H groups in total. The second kappa shape index (κ2) is 9.73. The maximum Gasteiger partial charge on any atom is 0.283 e. The molecule has 12 heteroatoms. The van der Waals surface area contributed by atoms with Crippen LogP contribution in [0, 0.1) is 17.0 Å². The molecule has 9 nitrogen and oxygen atoms in total. The Kier molecular flexibility index (Phi) is 7.03. The van der Waals surface area contributed by atoms with Crippen LogP contribution in [-0.2, 0) is 11.3 Å². The molecule has 0 spiro atoms. The van der Waals surface area contributed by atoms with Crippen molar-refractivity contribution >= 4 is 33.2 Å². The molecule has 168 valence electrons. The van der Waals surface area contributed by atoms with Crippen molar-refractivity contribution < 1.29 is 28.0 Å². The van der Waals surface area contributed by atoms with E-state index < -0.39 is 22.9 Å². The zero-order valence-electron chi connectivity index (χ0n) is 16.8. The number of ether oxygens (including phenoxy) is 2. The Balaban J connectivity index is 1.80. The molecule has 0 aliphatic carbocycles. The molecule has 0 fully saturated rings. The number of nitrogens with one attached hydrogen (secondary N) is 1. The van der Waals surface area contributed by atoms with E-state index in [9.17, 15) is 23.7 Å². The third-order valence-corrected chi connectivity index (χ3v) is 5.32. The highest BCUT2D eigenvalue weighted by Crippen LogP contribution is 2.31. The molecule has 0 saturated carbocycles. The first kappa shape index (κ1) is 23.1. The average molecular weight is 511 g/mol. The van der Waals surface area contributed by atoms with Gasteiger partial charge in [0, 0.05) is 12.1 Å². The summed E-state index contributed by atoms with van der Waals surface area (Å²) in [6, 6.07) is 10.3. The van der Waals surface area contributed by atoms with Crippen LogP contribution >= 0.6 is 15.9 Å². The first-order valence-electron chi connectivity index (χ1n) is 9.10. The Bertz CT molecular complexity index is 1150. The van der Waals surface area contributed by atoms with Gasteiger partial charge in [-0.2, -0.15) is 5.10 Å². The predicted octanol–water partition coefficient (Wildman–Crippen LogP) is 5.24. The number of methoxy groups -OCH3 is 1. The molecule has 0 aliphatic rings. The number of nitro groups is 1. The van der Waals surface area contributed by atoms with Crippen LogP contribution in [0.25, 0.3) is 0 Å². The van der Waals surface area contributed by atoms with Crippen LogP contribution < -0.4 is 14.8 Å². The Morgan fingerprint density at radius 1 is 1.22 bits per heavy atom. The maximum absolute atomic E-state index is 13.0. The van der Waals surface area contributed by atoms with Gasteiger partial charge < -0.3 is 14.8 Å². The number of non-ortho nitro benzene ring substituents is 1. The van der Waals surface area contributed by atoms with Crippen molar-refractivity contribution in [2.75, 3.05) is 12.4 Å². The fourth-order valence-corrected chi connectivity index (χ4v) is 3.23. The molecule has 0 bridgehead atoms. The maximum atomic E-state index is 13.0. The highest BCUT2D eigenvalue weighted by atomic mass is 79.9. The molecule has 2 aromatic carbocycles. The lowest BCUT2D eigenvalue weighted by Crippen LogP contribution is -2.20. The van der Waals surface area contributed by atoms with Crippen molar-refractivity contribution in [3.63, 3.8) is 0 Å². The fourth-order valence-electron chi connectivity index (χ4n) is 2.78. The third kappa shape index (κ3) is 5.38. The lowest BCUT2D eigenvalue weighted by molar-refractivity contribution is -0.384. The Hall–Kier alpha value is -3.54. The minimum Gasteiger partial charge on any atom is -0.497 e. The summed E-state index contributed by atoms with van der Waals surface area (Å²) < 4.78 is 38.0. The number of anilines is 1. The summed E-state index contributed by atoms with van der Waals surface area (Å²) in [6.45, 7) is 1.17. The Labute approximate surface area is 189 Å².